The smallest absolute Gasteiger partial charge is 0.416 e. The molecule has 0 radical (unpaired) electrons. The summed E-state index contributed by atoms with van der Waals surface area (Å²) in [5.74, 6) is 0.695. The first-order valence-corrected chi connectivity index (χ1v) is 9.93. The third kappa shape index (κ3) is 4.26. The van der Waals surface area contributed by atoms with Gasteiger partial charge in [0.1, 0.15) is 5.75 Å². The second kappa shape index (κ2) is 7.72. The second-order valence-corrected chi connectivity index (χ2v) is 7.85. The molecule has 0 atom stereocenters. The number of rotatable bonds is 6. The van der Waals surface area contributed by atoms with Crippen molar-refractivity contribution in [2.75, 3.05) is 7.11 Å². The average molecular weight is 416 g/mol. The fraction of sp³-hybridized carbons (Fsp3) is 0.227. The molecule has 1 saturated carbocycles. The minimum atomic E-state index is -4.34. The molecule has 1 heterocycles. The maximum Gasteiger partial charge on any atom is 0.416 e. The summed E-state index contributed by atoms with van der Waals surface area (Å²) in [5, 5.41) is 0. The minimum Gasteiger partial charge on any atom is -0.494 e. The SMILES string of the molecule is COc1cnccc1-c1cccc(C2(NSc3cccc(C(F)(F)F)c3)CC2)c1. The molecular weight excluding hydrogens is 397 g/mol. The number of nitrogens with zero attached hydrogens (tertiary/aromatic N) is 1. The quantitative estimate of drug-likeness (QED) is 0.495. The predicted octanol–water partition coefficient (Wildman–Crippen LogP) is 6.06. The van der Waals surface area contributed by atoms with Crippen molar-refractivity contribution >= 4 is 11.9 Å². The molecule has 0 unspecified atom stereocenters. The zero-order chi connectivity index (χ0) is 20.5. The molecule has 150 valence electrons. The Balaban J connectivity index is 1.55. The summed E-state index contributed by atoms with van der Waals surface area (Å²) in [6.07, 6.45) is 0.910. The van der Waals surface area contributed by atoms with E-state index < -0.39 is 11.7 Å². The maximum absolute atomic E-state index is 12.9. The van der Waals surface area contributed by atoms with Gasteiger partial charge in [0.15, 0.2) is 0 Å². The Labute approximate surface area is 171 Å². The van der Waals surface area contributed by atoms with Crippen molar-refractivity contribution in [2.24, 2.45) is 0 Å². The number of methoxy groups -OCH3 is 1. The van der Waals surface area contributed by atoms with Gasteiger partial charge >= 0.3 is 6.18 Å². The Bertz CT molecular complexity index is 1020. The van der Waals surface area contributed by atoms with Crippen molar-refractivity contribution in [1.82, 2.24) is 9.71 Å². The highest BCUT2D eigenvalue weighted by Crippen LogP contribution is 2.48. The molecule has 4 rings (SSSR count). The standard InChI is InChI=1S/C22H19F3N2OS/c1-28-20-14-26-11-8-19(20)15-4-2-5-16(12-15)21(9-10-21)27-29-18-7-3-6-17(13-18)22(23,24)25/h2-8,11-14,27H,9-10H2,1H3. The fourth-order valence-corrected chi connectivity index (χ4v) is 4.20. The zero-order valence-corrected chi connectivity index (χ0v) is 16.5. The molecule has 3 aromatic rings. The van der Waals surface area contributed by atoms with E-state index in [0.717, 1.165) is 35.6 Å². The van der Waals surface area contributed by atoms with Crippen molar-refractivity contribution in [2.45, 2.75) is 29.5 Å². The van der Waals surface area contributed by atoms with Crippen LogP contribution < -0.4 is 9.46 Å². The number of ether oxygens (including phenoxy) is 1. The molecule has 0 spiro atoms. The number of pyridine rings is 1. The van der Waals surface area contributed by atoms with Crippen LogP contribution in [0.4, 0.5) is 13.2 Å². The first kappa shape index (κ1) is 19.8. The van der Waals surface area contributed by atoms with Crippen LogP contribution in [0.15, 0.2) is 71.9 Å². The molecule has 1 aliphatic rings. The van der Waals surface area contributed by atoms with E-state index in [0.29, 0.717) is 10.6 Å². The minimum absolute atomic E-state index is 0.241. The summed E-state index contributed by atoms with van der Waals surface area (Å²) in [5.41, 5.74) is 2.19. The van der Waals surface area contributed by atoms with E-state index in [1.807, 2.05) is 24.3 Å². The van der Waals surface area contributed by atoms with Gasteiger partial charge in [0, 0.05) is 16.7 Å². The lowest BCUT2D eigenvalue weighted by Gasteiger charge is -2.19. The topological polar surface area (TPSA) is 34.1 Å². The number of hydrogen-bond acceptors (Lipinski definition) is 4. The van der Waals surface area contributed by atoms with Gasteiger partial charge in [0.2, 0.25) is 0 Å². The lowest BCUT2D eigenvalue weighted by Crippen LogP contribution is -2.22. The van der Waals surface area contributed by atoms with Crippen molar-refractivity contribution < 1.29 is 17.9 Å². The molecule has 1 aromatic heterocycles. The van der Waals surface area contributed by atoms with Crippen LogP contribution in [0.1, 0.15) is 24.0 Å². The fourth-order valence-electron chi connectivity index (χ4n) is 3.23. The van der Waals surface area contributed by atoms with E-state index in [2.05, 4.69) is 15.8 Å². The largest absolute Gasteiger partial charge is 0.494 e. The van der Waals surface area contributed by atoms with Gasteiger partial charge in [-0.2, -0.15) is 13.2 Å². The maximum atomic E-state index is 12.9. The number of aromatic nitrogens is 1. The molecule has 29 heavy (non-hydrogen) atoms. The van der Waals surface area contributed by atoms with Crippen LogP contribution in [0.25, 0.3) is 11.1 Å². The number of halogens is 3. The summed E-state index contributed by atoms with van der Waals surface area (Å²) in [7, 11) is 1.61. The molecule has 1 N–H and O–H groups in total. The van der Waals surface area contributed by atoms with Crippen molar-refractivity contribution in [1.29, 1.82) is 0 Å². The summed E-state index contributed by atoms with van der Waals surface area (Å²) in [6, 6.07) is 15.4. The summed E-state index contributed by atoms with van der Waals surface area (Å²) < 4.78 is 47.6. The Kier molecular flexibility index (Phi) is 5.27. The van der Waals surface area contributed by atoms with E-state index in [1.54, 1.807) is 25.6 Å². The van der Waals surface area contributed by atoms with E-state index in [-0.39, 0.29) is 5.54 Å². The lowest BCUT2D eigenvalue weighted by atomic mass is 9.99. The van der Waals surface area contributed by atoms with Crippen molar-refractivity contribution in [3.8, 4) is 16.9 Å². The molecule has 1 aliphatic carbocycles. The average Bonchev–Trinajstić information content (AvgIpc) is 3.53. The van der Waals surface area contributed by atoms with Crippen LogP contribution in [0.5, 0.6) is 5.75 Å². The first-order valence-electron chi connectivity index (χ1n) is 9.11. The molecule has 0 aliphatic heterocycles. The first-order chi connectivity index (χ1) is 13.9. The van der Waals surface area contributed by atoms with Gasteiger partial charge in [-0.15, -0.1) is 0 Å². The van der Waals surface area contributed by atoms with Crippen molar-refractivity contribution in [3.63, 3.8) is 0 Å². The molecule has 0 saturated heterocycles. The summed E-state index contributed by atoms with van der Waals surface area (Å²) in [6.45, 7) is 0. The van der Waals surface area contributed by atoms with Gasteiger partial charge in [-0.3, -0.25) is 4.98 Å². The molecule has 0 amide bonds. The Morgan fingerprint density at radius 2 is 1.86 bits per heavy atom. The molecule has 7 heteroatoms. The molecule has 3 nitrogen and oxygen atoms in total. The molecule has 1 fully saturated rings. The van der Waals surface area contributed by atoms with E-state index in [4.69, 9.17) is 4.74 Å². The lowest BCUT2D eigenvalue weighted by molar-refractivity contribution is -0.137. The van der Waals surface area contributed by atoms with Crippen LogP contribution in [0.2, 0.25) is 0 Å². The second-order valence-electron chi connectivity index (χ2n) is 6.97. The van der Waals surface area contributed by atoms with Crippen LogP contribution in [-0.4, -0.2) is 12.1 Å². The van der Waals surface area contributed by atoms with E-state index >= 15 is 0 Å². The van der Waals surface area contributed by atoms with Crippen LogP contribution >= 0.6 is 11.9 Å². The molecule has 2 aromatic carbocycles. The van der Waals surface area contributed by atoms with Crippen molar-refractivity contribution in [3.05, 3.63) is 78.1 Å². The van der Waals surface area contributed by atoms with Gasteiger partial charge in [-0.05, 0) is 66.2 Å². The van der Waals surface area contributed by atoms with Crippen LogP contribution in [-0.2, 0) is 11.7 Å². The van der Waals surface area contributed by atoms with Gasteiger partial charge < -0.3 is 4.74 Å². The Morgan fingerprint density at radius 3 is 2.59 bits per heavy atom. The Hall–Kier alpha value is -2.51. The summed E-state index contributed by atoms with van der Waals surface area (Å²) >= 11 is 1.24. The number of nitrogens with one attached hydrogen (secondary N) is 1. The van der Waals surface area contributed by atoms with Gasteiger partial charge in [0.05, 0.1) is 24.4 Å². The Morgan fingerprint density at radius 1 is 1.07 bits per heavy atom. The van der Waals surface area contributed by atoms with Gasteiger partial charge in [-0.1, -0.05) is 24.3 Å². The number of hydrogen-bond donors (Lipinski definition) is 1. The molecule has 0 bridgehead atoms. The number of alkyl halides is 3. The van der Waals surface area contributed by atoms with Crippen LogP contribution in [0.3, 0.4) is 0 Å². The summed E-state index contributed by atoms with van der Waals surface area (Å²) in [4.78, 5) is 4.63. The van der Waals surface area contributed by atoms with Crippen LogP contribution in [0, 0.1) is 0 Å². The van der Waals surface area contributed by atoms with Gasteiger partial charge in [0.25, 0.3) is 0 Å². The third-order valence-corrected chi connectivity index (χ3v) is 5.99. The highest BCUT2D eigenvalue weighted by molar-refractivity contribution is 7.97. The predicted molar refractivity (Wildman–Crippen MR) is 108 cm³/mol. The van der Waals surface area contributed by atoms with E-state index in [9.17, 15) is 13.2 Å². The highest BCUT2D eigenvalue weighted by Gasteiger charge is 2.44. The highest BCUT2D eigenvalue weighted by atomic mass is 32.2. The third-order valence-electron chi connectivity index (χ3n) is 5.01. The normalized spacial score (nSPS) is 15.2. The zero-order valence-electron chi connectivity index (χ0n) is 15.7. The van der Waals surface area contributed by atoms with Gasteiger partial charge in [-0.25, -0.2) is 4.72 Å². The number of benzene rings is 2. The van der Waals surface area contributed by atoms with E-state index in [1.165, 1.54) is 24.1 Å². The molecular formula is C22H19F3N2OS. The monoisotopic (exact) mass is 416 g/mol.